The summed E-state index contributed by atoms with van der Waals surface area (Å²) in [6, 6.07) is 10.1. The average molecular weight is 233 g/mol. The molecule has 1 N–H and O–H groups in total. The fourth-order valence-electron chi connectivity index (χ4n) is 0.789. The molecular weight excluding hydrogens is 223 g/mol. The average Bonchev–Trinajstić information content (AvgIpc) is 2.19. The van der Waals surface area contributed by atoms with E-state index in [1.165, 1.54) is 5.56 Å². The molecule has 0 amide bonds. The second kappa shape index (κ2) is 6.84. The van der Waals surface area contributed by atoms with Crippen molar-refractivity contribution >= 4 is 5.97 Å². The Hall–Kier alpha value is -1.56. The smallest absolute Gasteiger partial charge is 0.430 e. The normalized spacial score (nSPS) is 10.2. The highest BCUT2D eigenvalue weighted by Crippen LogP contribution is 2.11. The second-order valence-electron chi connectivity index (χ2n) is 2.77. The summed E-state index contributed by atoms with van der Waals surface area (Å²) >= 11 is 0. The topological polar surface area (TPSA) is 63.9 Å². The lowest BCUT2D eigenvalue weighted by atomic mass is 10.2. The van der Waals surface area contributed by atoms with Crippen molar-refractivity contribution in [1.82, 2.24) is 0 Å². The number of benzene rings is 1. The molecule has 0 bridgehead atoms. The molecule has 1 aromatic carbocycles. The number of halogens is 3. The third-order valence-corrected chi connectivity index (χ3v) is 1.49. The number of carboxylic acid groups (broad SMARTS) is 1. The van der Waals surface area contributed by atoms with Crippen LogP contribution in [0.25, 0.3) is 5.73 Å². The standard InChI is InChI=1S/C8H10N.C2HF3O2/c9-7-6-8-4-2-1-3-5-8;3-2(4,5)1(6)7/h1-5,9H,6-7H2;(H,6,7)/q-1;/p-1. The van der Waals surface area contributed by atoms with Gasteiger partial charge in [0.15, 0.2) is 0 Å². The fraction of sp³-hybridized carbons (Fsp3) is 0.300. The molecule has 6 heteroatoms. The minimum Gasteiger partial charge on any atom is -0.677 e. The molecule has 0 saturated carbocycles. The van der Waals surface area contributed by atoms with E-state index in [-0.39, 0.29) is 0 Å². The van der Waals surface area contributed by atoms with Gasteiger partial charge in [-0.25, -0.2) is 0 Å². The van der Waals surface area contributed by atoms with E-state index in [4.69, 9.17) is 15.6 Å². The Labute approximate surface area is 90.7 Å². The largest absolute Gasteiger partial charge is 0.677 e. The number of aliphatic carboxylic acids is 1. The number of hydrogen-bond acceptors (Lipinski definition) is 2. The molecule has 3 nitrogen and oxygen atoms in total. The van der Waals surface area contributed by atoms with Gasteiger partial charge in [-0.3, -0.25) is 0 Å². The lowest BCUT2D eigenvalue weighted by molar-refractivity contribution is -0.344. The molecule has 0 atom stereocenters. The predicted octanol–water partition coefficient (Wildman–Crippen LogP) is 1.58. The minimum absolute atomic E-state index is 0.490. The Morgan fingerprint density at radius 2 is 1.69 bits per heavy atom. The number of alkyl halides is 3. The molecule has 0 saturated heterocycles. The molecule has 1 aromatic rings. The SMILES string of the molecule is O=C([O-])C(F)(F)F.[NH-]CCc1ccccc1. The first-order valence-corrected chi connectivity index (χ1v) is 4.34. The van der Waals surface area contributed by atoms with Crippen LogP contribution in [-0.2, 0) is 11.2 Å². The monoisotopic (exact) mass is 233 g/mol. The molecule has 90 valence electrons. The molecule has 0 aliphatic heterocycles. The quantitative estimate of drug-likeness (QED) is 0.778. The van der Waals surface area contributed by atoms with E-state index in [2.05, 4.69) is 12.1 Å². The van der Waals surface area contributed by atoms with Crippen molar-refractivity contribution in [2.45, 2.75) is 12.6 Å². The van der Waals surface area contributed by atoms with Gasteiger partial charge in [0.05, 0.1) is 0 Å². The van der Waals surface area contributed by atoms with Crippen molar-refractivity contribution in [3.8, 4) is 0 Å². The fourth-order valence-corrected chi connectivity index (χ4v) is 0.789. The Kier molecular flexibility index (Phi) is 6.17. The molecule has 1 rings (SSSR count). The predicted molar refractivity (Wildman–Crippen MR) is 50.4 cm³/mol. The van der Waals surface area contributed by atoms with E-state index in [1.54, 1.807) is 0 Å². The van der Waals surface area contributed by atoms with Crippen LogP contribution in [0.2, 0.25) is 0 Å². The van der Waals surface area contributed by atoms with Gasteiger partial charge in [-0.15, -0.1) is 6.54 Å². The van der Waals surface area contributed by atoms with Crippen molar-refractivity contribution < 1.29 is 23.1 Å². The molecule has 16 heavy (non-hydrogen) atoms. The van der Waals surface area contributed by atoms with Crippen LogP contribution >= 0.6 is 0 Å². The highest BCUT2D eigenvalue weighted by molar-refractivity contribution is 5.70. The molecular formula is C10H10F3NO2-2. The number of nitrogens with one attached hydrogen (secondary N) is 1. The van der Waals surface area contributed by atoms with Crippen LogP contribution in [0.15, 0.2) is 30.3 Å². The van der Waals surface area contributed by atoms with Gasteiger partial charge in [0.1, 0.15) is 5.97 Å². The van der Waals surface area contributed by atoms with Gasteiger partial charge in [-0.2, -0.15) is 13.2 Å². The van der Waals surface area contributed by atoms with E-state index >= 15 is 0 Å². The van der Waals surface area contributed by atoms with Crippen molar-refractivity contribution in [2.24, 2.45) is 0 Å². The van der Waals surface area contributed by atoms with Crippen LogP contribution in [0.4, 0.5) is 13.2 Å². The summed E-state index contributed by atoms with van der Waals surface area (Å²) in [6.07, 6.45) is -4.32. The van der Waals surface area contributed by atoms with Gasteiger partial charge in [0.2, 0.25) is 0 Å². The van der Waals surface area contributed by atoms with Crippen LogP contribution in [-0.4, -0.2) is 18.7 Å². The first-order chi connectivity index (χ1) is 7.38. The first-order valence-electron chi connectivity index (χ1n) is 4.34. The zero-order valence-corrected chi connectivity index (χ0v) is 8.25. The van der Waals surface area contributed by atoms with Gasteiger partial charge in [-0.1, -0.05) is 30.3 Å². The molecule has 0 aliphatic rings. The number of rotatable bonds is 2. The summed E-state index contributed by atoms with van der Waals surface area (Å²) in [4.78, 5) is 8.78. The summed E-state index contributed by atoms with van der Waals surface area (Å²) in [7, 11) is 0. The van der Waals surface area contributed by atoms with Crippen molar-refractivity contribution in [2.75, 3.05) is 6.54 Å². The maximum Gasteiger partial charge on any atom is 0.430 e. The van der Waals surface area contributed by atoms with Crippen LogP contribution in [0.1, 0.15) is 5.56 Å². The second-order valence-corrected chi connectivity index (χ2v) is 2.77. The Bertz CT molecular complexity index is 312. The molecule has 0 fully saturated rings. The molecule has 0 aliphatic carbocycles. The highest BCUT2D eigenvalue weighted by atomic mass is 19.4. The zero-order valence-electron chi connectivity index (χ0n) is 8.25. The molecule has 0 radical (unpaired) electrons. The van der Waals surface area contributed by atoms with E-state index < -0.39 is 12.1 Å². The maximum absolute atomic E-state index is 10.5. The van der Waals surface area contributed by atoms with Gasteiger partial charge in [0.25, 0.3) is 0 Å². The molecule has 0 spiro atoms. The van der Waals surface area contributed by atoms with E-state index in [0.717, 1.165) is 6.42 Å². The molecule has 0 aromatic heterocycles. The summed E-state index contributed by atoms with van der Waals surface area (Å²) in [5.74, 6) is -3.01. The summed E-state index contributed by atoms with van der Waals surface area (Å²) in [5, 5.41) is 8.78. The Balaban J connectivity index is 0.000000293. The van der Waals surface area contributed by atoms with Crippen LogP contribution in [0, 0.1) is 0 Å². The Morgan fingerprint density at radius 3 is 2.00 bits per heavy atom. The molecule has 0 heterocycles. The van der Waals surface area contributed by atoms with E-state index in [1.807, 2.05) is 18.2 Å². The minimum atomic E-state index is -5.19. The van der Waals surface area contributed by atoms with Gasteiger partial charge in [0, 0.05) is 0 Å². The number of carbonyl (C=O) groups is 1. The van der Waals surface area contributed by atoms with Crippen LogP contribution < -0.4 is 5.11 Å². The van der Waals surface area contributed by atoms with Gasteiger partial charge < -0.3 is 15.6 Å². The maximum atomic E-state index is 10.5. The van der Waals surface area contributed by atoms with Gasteiger partial charge in [-0.05, 0) is 12.0 Å². The third kappa shape index (κ3) is 6.83. The van der Waals surface area contributed by atoms with Crippen LogP contribution in [0.5, 0.6) is 0 Å². The zero-order chi connectivity index (χ0) is 12.6. The Morgan fingerprint density at radius 1 is 1.25 bits per heavy atom. The lowest BCUT2D eigenvalue weighted by Crippen LogP contribution is -2.37. The molecule has 0 unspecified atom stereocenters. The lowest BCUT2D eigenvalue weighted by Gasteiger charge is -2.03. The summed E-state index contributed by atoms with van der Waals surface area (Å²) in [5.41, 5.74) is 8.20. The van der Waals surface area contributed by atoms with Crippen molar-refractivity contribution in [3.63, 3.8) is 0 Å². The summed E-state index contributed by atoms with van der Waals surface area (Å²) in [6.45, 7) is 0.490. The first kappa shape index (κ1) is 14.4. The van der Waals surface area contributed by atoms with Gasteiger partial charge >= 0.3 is 6.18 Å². The number of carboxylic acids is 1. The van der Waals surface area contributed by atoms with Crippen molar-refractivity contribution in [1.29, 1.82) is 0 Å². The van der Waals surface area contributed by atoms with Crippen LogP contribution in [0.3, 0.4) is 0 Å². The van der Waals surface area contributed by atoms with E-state index in [0.29, 0.717) is 6.54 Å². The highest BCUT2D eigenvalue weighted by Gasteiger charge is 2.28. The number of hydrogen-bond donors (Lipinski definition) is 0. The third-order valence-electron chi connectivity index (χ3n) is 1.49. The summed E-state index contributed by atoms with van der Waals surface area (Å²) < 4.78 is 31.5. The number of carbonyl (C=O) groups excluding carboxylic acids is 1. The van der Waals surface area contributed by atoms with Crippen molar-refractivity contribution in [3.05, 3.63) is 41.6 Å². The van der Waals surface area contributed by atoms with E-state index in [9.17, 15) is 13.2 Å².